The van der Waals surface area contributed by atoms with Crippen LogP contribution in [0.5, 0.6) is 0 Å². The van der Waals surface area contributed by atoms with E-state index in [9.17, 15) is 9.59 Å². The summed E-state index contributed by atoms with van der Waals surface area (Å²) in [6, 6.07) is 4.05. The summed E-state index contributed by atoms with van der Waals surface area (Å²) in [5.74, 6) is -0.145. The van der Waals surface area contributed by atoms with Crippen LogP contribution >= 0.6 is 0 Å². The van der Waals surface area contributed by atoms with E-state index in [2.05, 4.69) is 20.9 Å². The van der Waals surface area contributed by atoms with Crippen molar-refractivity contribution in [2.75, 3.05) is 11.9 Å². The Bertz CT molecular complexity index is 510. The Kier molecular flexibility index (Phi) is 6.68. The van der Waals surface area contributed by atoms with E-state index in [-0.39, 0.29) is 18.4 Å². The minimum absolute atomic E-state index is 0.0840. The van der Waals surface area contributed by atoms with Gasteiger partial charge < -0.3 is 16.0 Å². The van der Waals surface area contributed by atoms with E-state index in [0.717, 1.165) is 0 Å². The number of nitriles is 1. The molecule has 0 radical (unpaired) electrons. The molecular formula is C14H19N5O2. The third-order valence-electron chi connectivity index (χ3n) is 2.59. The van der Waals surface area contributed by atoms with Gasteiger partial charge in [0.05, 0.1) is 18.0 Å². The van der Waals surface area contributed by atoms with Gasteiger partial charge in [-0.2, -0.15) is 5.26 Å². The largest absolute Gasteiger partial charge is 0.341 e. The van der Waals surface area contributed by atoms with Crippen LogP contribution in [0.4, 0.5) is 10.5 Å². The Balaban J connectivity index is 2.61. The van der Waals surface area contributed by atoms with E-state index in [1.165, 1.54) is 6.20 Å². The summed E-state index contributed by atoms with van der Waals surface area (Å²) >= 11 is 0. The lowest BCUT2D eigenvalue weighted by Gasteiger charge is -2.19. The first-order valence-electron chi connectivity index (χ1n) is 6.65. The number of aromatic nitrogens is 1. The van der Waals surface area contributed by atoms with Crippen LogP contribution in [0.25, 0.3) is 0 Å². The number of urea groups is 1. The number of carbonyl (C=O) groups is 2. The predicted molar refractivity (Wildman–Crippen MR) is 78.3 cm³/mol. The van der Waals surface area contributed by atoms with Crippen LogP contribution in [0.15, 0.2) is 24.5 Å². The summed E-state index contributed by atoms with van der Waals surface area (Å²) in [6.45, 7) is 3.82. The van der Waals surface area contributed by atoms with E-state index in [1.807, 2.05) is 19.9 Å². The molecule has 1 unspecified atom stereocenters. The number of carbonyl (C=O) groups excluding carboxylic acids is 2. The average molecular weight is 289 g/mol. The molecule has 3 amide bonds. The number of rotatable bonds is 6. The first-order valence-corrected chi connectivity index (χ1v) is 6.65. The Labute approximate surface area is 123 Å². The molecule has 0 fully saturated rings. The van der Waals surface area contributed by atoms with Gasteiger partial charge >= 0.3 is 6.03 Å². The van der Waals surface area contributed by atoms with E-state index < -0.39 is 12.1 Å². The Morgan fingerprint density at radius 3 is 2.76 bits per heavy atom. The second-order valence-electron chi connectivity index (χ2n) is 4.90. The molecule has 0 aliphatic rings. The molecule has 1 atom stereocenters. The molecular weight excluding hydrogens is 270 g/mol. The van der Waals surface area contributed by atoms with Crippen molar-refractivity contribution >= 4 is 17.6 Å². The minimum atomic E-state index is -0.685. The van der Waals surface area contributed by atoms with Gasteiger partial charge in [-0.15, -0.1) is 0 Å². The van der Waals surface area contributed by atoms with Gasteiger partial charge in [-0.3, -0.25) is 9.78 Å². The van der Waals surface area contributed by atoms with Crippen LogP contribution in [-0.4, -0.2) is 29.5 Å². The zero-order chi connectivity index (χ0) is 15.7. The summed E-state index contributed by atoms with van der Waals surface area (Å²) in [5.41, 5.74) is 0.538. The highest BCUT2D eigenvalue weighted by atomic mass is 16.2. The average Bonchev–Trinajstić information content (AvgIpc) is 2.44. The molecule has 21 heavy (non-hydrogen) atoms. The normalized spacial score (nSPS) is 11.3. The summed E-state index contributed by atoms with van der Waals surface area (Å²) < 4.78 is 0. The third-order valence-corrected chi connectivity index (χ3v) is 2.59. The van der Waals surface area contributed by atoms with Crippen LogP contribution in [0.3, 0.4) is 0 Å². The highest BCUT2D eigenvalue weighted by Gasteiger charge is 2.21. The van der Waals surface area contributed by atoms with Gasteiger partial charge in [0.1, 0.15) is 12.6 Å². The molecule has 1 heterocycles. The zero-order valence-electron chi connectivity index (χ0n) is 12.1. The monoisotopic (exact) mass is 289 g/mol. The van der Waals surface area contributed by atoms with E-state index >= 15 is 0 Å². The van der Waals surface area contributed by atoms with Gasteiger partial charge in [0.15, 0.2) is 0 Å². The van der Waals surface area contributed by atoms with Gasteiger partial charge in [-0.25, -0.2) is 4.79 Å². The summed E-state index contributed by atoms with van der Waals surface area (Å²) in [6.07, 6.45) is 3.59. The standard InChI is InChI=1S/C14H19N5O2/c1-10(2)8-12(13(20)17-7-5-15)19-14(21)18-11-4-3-6-16-9-11/h3-4,6,9-10,12H,7-8H2,1-2H3,(H,17,20)(H2,18,19,21). The van der Waals surface area contributed by atoms with Crippen molar-refractivity contribution in [3.8, 4) is 6.07 Å². The topological polar surface area (TPSA) is 107 Å². The van der Waals surface area contributed by atoms with Gasteiger partial charge in [-0.1, -0.05) is 13.8 Å². The number of nitrogens with zero attached hydrogens (tertiary/aromatic N) is 2. The number of anilines is 1. The maximum absolute atomic E-state index is 11.9. The number of pyridine rings is 1. The summed E-state index contributed by atoms with van der Waals surface area (Å²) in [7, 11) is 0. The quantitative estimate of drug-likeness (QED) is 0.685. The third kappa shape index (κ3) is 6.38. The number of nitrogens with one attached hydrogen (secondary N) is 3. The lowest BCUT2D eigenvalue weighted by molar-refractivity contribution is -0.123. The predicted octanol–water partition coefficient (Wildman–Crippen LogP) is 1.26. The molecule has 1 rings (SSSR count). The van der Waals surface area contributed by atoms with Crippen molar-refractivity contribution in [3.05, 3.63) is 24.5 Å². The highest BCUT2D eigenvalue weighted by Crippen LogP contribution is 2.06. The molecule has 1 aromatic rings. The number of hydrogen-bond donors (Lipinski definition) is 3. The first-order chi connectivity index (χ1) is 10.0. The molecule has 0 aliphatic heterocycles. The fourth-order valence-electron chi connectivity index (χ4n) is 1.71. The van der Waals surface area contributed by atoms with Gasteiger partial charge in [0, 0.05) is 6.20 Å². The second-order valence-corrected chi connectivity index (χ2v) is 4.90. The molecule has 0 aromatic carbocycles. The molecule has 112 valence electrons. The van der Waals surface area contributed by atoms with Gasteiger partial charge in [-0.05, 0) is 24.5 Å². The molecule has 1 aromatic heterocycles. The molecule has 0 saturated heterocycles. The lowest BCUT2D eigenvalue weighted by Crippen LogP contribution is -2.48. The number of amides is 3. The SMILES string of the molecule is CC(C)CC(NC(=O)Nc1cccnc1)C(=O)NCC#N. The van der Waals surface area contributed by atoms with Crippen molar-refractivity contribution in [2.45, 2.75) is 26.3 Å². The Morgan fingerprint density at radius 2 is 2.19 bits per heavy atom. The molecule has 3 N–H and O–H groups in total. The fraction of sp³-hybridized carbons (Fsp3) is 0.429. The van der Waals surface area contributed by atoms with Crippen LogP contribution in [0, 0.1) is 17.2 Å². The maximum Gasteiger partial charge on any atom is 0.319 e. The molecule has 7 heteroatoms. The fourth-order valence-corrected chi connectivity index (χ4v) is 1.71. The highest BCUT2D eigenvalue weighted by molar-refractivity contribution is 5.93. The molecule has 0 aliphatic carbocycles. The van der Waals surface area contributed by atoms with Crippen LogP contribution in [0.1, 0.15) is 20.3 Å². The molecule has 0 bridgehead atoms. The summed E-state index contributed by atoms with van der Waals surface area (Å²) in [4.78, 5) is 27.7. The van der Waals surface area contributed by atoms with E-state index in [4.69, 9.17) is 5.26 Å². The van der Waals surface area contributed by atoms with Crippen molar-refractivity contribution in [1.29, 1.82) is 5.26 Å². The second kappa shape index (κ2) is 8.53. The van der Waals surface area contributed by atoms with Crippen LogP contribution < -0.4 is 16.0 Å². The molecule has 7 nitrogen and oxygen atoms in total. The van der Waals surface area contributed by atoms with Gasteiger partial charge in [0.25, 0.3) is 0 Å². The Hall–Kier alpha value is -2.62. The smallest absolute Gasteiger partial charge is 0.319 e. The summed E-state index contributed by atoms with van der Waals surface area (Å²) in [5, 5.41) is 16.1. The van der Waals surface area contributed by atoms with Crippen LogP contribution in [-0.2, 0) is 4.79 Å². The van der Waals surface area contributed by atoms with Crippen molar-refractivity contribution in [1.82, 2.24) is 15.6 Å². The van der Waals surface area contributed by atoms with E-state index in [0.29, 0.717) is 12.1 Å². The van der Waals surface area contributed by atoms with Gasteiger partial charge in [0.2, 0.25) is 5.91 Å². The zero-order valence-corrected chi connectivity index (χ0v) is 12.1. The lowest BCUT2D eigenvalue weighted by atomic mass is 10.0. The van der Waals surface area contributed by atoms with Crippen molar-refractivity contribution in [3.63, 3.8) is 0 Å². The maximum atomic E-state index is 11.9. The van der Waals surface area contributed by atoms with Crippen molar-refractivity contribution in [2.24, 2.45) is 5.92 Å². The minimum Gasteiger partial charge on any atom is -0.341 e. The van der Waals surface area contributed by atoms with E-state index in [1.54, 1.807) is 18.3 Å². The molecule has 0 spiro atoms. The number of hydrogen-bond acceptors (Lipinski definition) is 4. The first kappa shape index (κ1) is 16.4. The van der Waals surface area contributed by atoms with Crippen molar-refractivity contribution < 1.29 is 9.59 Å². The molecule has 0 saturated carbocycles. The Morgan fingerprint density at radius 1 is 1.43 bits per heavy atom. The van der Waals surface area contributed by atoms with Crippen LogP contribution in [0.2, 0.25) is 0 Å².